The van der Waals surface area contributed by atoms with Gasteiger partial charge in [-0.2, -0.15) is 0 Å². The van der Waals surface area contributed by atoms with Gasteiger partial charge in [-0.3, -0.25) is 9.80 Å². The van der Waals surface area contributed by atoms with Gasteiger partial charge >= 0.3 is 0 Å². The van der Waals surface area contributed by atoms with Gasteiger partial charge in [-0.05, 0) is 53.9 Å². The molecule has 0 saturated carbocycles. The van der Waals surface area contributed by atoms with E-state index in [4.69, 9.17) is 4.74 Å². The van der Waals surface area contributed by atoms with Crippen LogP contribution in [0.3, 0.4) is 0 Å². The Kier molecular flexibility index (Phi) is 9.68. The molecule has 5 heteroatoms. The first-order chi connectivity index (χ1) is 7.95. The van der Waals surface area contributed by atoms with Crippen LogP contribution in [0.15, 0.2) is 0 Å². The number of aliphatic hydroxyl groups excluding tert-OH is 2. The third kappa shape index (κ3) is 9.50. The average Bonchev–Trinajstić information content (AvgIpc) is 2.26. The molecule has 0 aliphatic heterocycles. The van der Waals surface area contributed by atoms with E-state index >= 15 is 0 Å². The molecule has 0 aromatic rings. The summed E-state index contributed by atoms with van der Waals surface area (Å²) in [5, 5.41) is 19.0. The van der Waals surface area contributed by atoms with Crippen molar-refractivity contribution in [3.05, 3.63) is 0 Å². The van der Waals surface area contributed by atoms with Gasteiger partial charge in [0.1, 0.15) is 12.5 Å². The Morgan fingerprint density at radius 1 is 0.824 bits per heavy atom. The van der Waals surface area contributed by atoms with E-state index in [-0.39, 0.29) is 12.5 Å². The minimum atomic E-state index is -0.380. The summed E-state index contributed by atoms with van der Waals surface area (Å²) in [6.45, 7) is 1.34. The molecule has 17 heavy (non-hydrogen) atoms. The van der Waals surface area contributed by atoms with Crippen LogP contribution in [0.2, 0.25) is 0 Å². The van der Waals surface area contributed by atoms with E-state index in [1.54, 1.807) is 9.80 Å². The Hall–Kier alpha value is -0.200. The van der Waals surface area contributed by atoms with Crippen LogP contribution in [0.1, 0.15) is 25.7 Å². The van der Waals surface area contributed by atoms with Crippen LogP contribution in [-0.2, 0) is 4.74 Å². The minimum absolute atomic E-state index is 0.380. The molecule has 0 amide bonds. The standard InChI is InChI=1S/C12H28N2O3/c1-13(2)11(15)7-5-9-17-10-6-8-12(16)14(3)4/h11-12,15-16H,5-10H2,1-4H3. The molecule has 0 saturated heterocycles. The lowest BCUT2D eigenvalue weighted by molar-refractivity contribution is 0.0140. The largest absolute Gasteiger partial charge is 0.381 e. The molecule has 5 nitrogen and oxygen atoms in total. The summed E-state index contributed by atoms with van der Waals surface area (Å²) in [6.07, 6.45) is 2.41. The zero-order valence-corrected chi connectivity index (χ0v) is 11.6. The van der Waals surface area contributed by atoms with Crippen molar-refractivity contribution >= 4 is 0 Å². The molecule has 0 spiro atoms. The SMILES string of the molecule is CN(C)C(O)CCCOCCCC(O)N(C)C. The van der Waals surface area contributed by atoms with Crippen molar-refractivity contribution in [3.63, 3.8) is 0 Å². The van der Waals surface area contributed by atoms with Crippen molar-refractivity contribution in [2.45, 2.75) is 38.1 Å². The molecule has 0 bridgehead atoms. The predicted molar refractivity (Wildman–Crippen MR) is 68.7 cm³/mol. The lowest BCUT2D eigenvalue weighted by atomic mass is 10.2. The summed E-state index contributed by atoms with van der Waals surface area (Å²) in [5.74, 6) is 0. The molecular weight excluding hydrogens is 220 g/mol. The van der Waals surface area contributed by atoms with Crippen molar-refractivity contribution in [3.8, 4) is 0 Å². The Morgan fingerprint density at radius 2 is 1.18 bits per heavy atom. The van der Waals surface area contributed by atoms with Crippen LogP contribution >= 0.6 is 0 Å². The zero-order valence-electron chi connectivity index (χ0n) is 11.6. The Labute approximate surface area is 105 Å². The summed E-state index contributed by atoms with van der Waals surface area (Å²) >= 11 is 0. The van der Waals surface area contributed by atoms with Gasteiger partial charge in [-0.15, -0.1) is 0 Å². The van der Waals surface area contributed by atoms with E-state index in [0.29, 0.717) is 13.2 Å². The molecule has 0 radical (unpaired) electrons. The fourth-order valence-corrected chi connectivity index (χ4v) is 1.35. The molecule has 0 fully saturated rings. The molecule has 0 aromatic carbocycles. The van der Waals surface area contributed by atoms with Crippen molar-refractivity contribution in [2.24, 2.45) is 0 Å². The fraction of sp³-hybridized carbons (Fsp3) is 1.00. The van der Waals surface area contributed by atoms with Crippen LogP contribution in [0.25, 0.3) is 0 Å². The van der Waals surface area contributed by atoms with Crippen molar-refractivity contribution in [1.82, 2.24) is 9.80 Å². The number of rotatable bonds is 10. The number of hydrogen-bond donors (Lipinski definition) is 2. The number of aliphatic hydroxyl groups is 2. The monoisotopic (exact) mass is 248 g/mol. The van der Waals surface area contributed by atoms with Crippen molar-refractivity contribution < 1.29 is 14.9 Å². The summed E-state index contributed by atoms with van der Waals surface area (Å²) in [6, 6.07) is 0. The topological polar surface area (TPSA) is 56.2 Å². The number of ether oxygens (including phenoxy) is 1. The summed E-state index contributed by atoms with van der Waals surface area (Å²) in [4.78, 5) is 3.57. The van der Waals surface area contributed by atoms with Crippen LogP contribution in [0.5, 0.6) is 0 Å². The fourth-order valence-electron chi connectivity index (χ4n) is 1.35. The number of nitrogens with zero attached hydrogens (tertiary/aromatic N) is 2. The smallest absolute Gasteiger partial charge is 0.106 e. The lowest BCUT2D eigenvalue weighted by Crippen LogP contribution is -2.28. The minimum Gasteiger partial charge on any atom is -0.381 e. The molecule has 0 heterocycles. The Balaban J connectivity index is 3.24. The second-order valence-corrected chi connectivity index (χ2v) is 4.79. The zero-order chi connectivity index (χ0) is 13.3. The summed E-state index contributed by atoms with van der Waals surface area (Å²) < 4.78 is 5.43. The van der Waals surface area contributed by atoms with E-state index in [0.717, 1.165) is 25.7 Å². The molecule has 2 N–H and O–H groups in total. The number of hydrogen-bond acceptors (Lipinski definition) is 5. The quantitative estimate of drug-likeness (QED) is 0.431. The van der Waals surface area contributed by atoms with E-state index in [9.17, 15) is 10.2 Å². The molecule has 104 valence electrons. The average molecular weight is 248 g/mol. The summed E-state index contributed by atoms with van der Waals surface area (Å²) in [5.41, 5.74) is 0. The molecule has 0 aromatic heterocycles. The Morgan fingerprint density at radius 3 is 1.47 bits per heavy atom. The molecule has 2 atom stereocenters. The van der Waals surface area contributed by atoms with Gasteiger partial charge in [0.15, 0.2) is 0 Å². The van der Waals surface area contributed by atoms with Gasteiger partial charge in [-0.25, -0.2) is 0 Å². The normalized spacial score (nSPS) is 15.5. The van der Waals surface area contributed by atoms with Gasteiger partial charge in [0, 0.05) is 13.2 Å². The lowest BCUT2D eigenvalue weighted by Gasteiger charge is -2.18. The first-order valence-electron chi connectivity index (χ1n) is 6.22. The molecule has 0 rings (SSSR count). The van der Waals surface area contributed by atoms with Gasteiger partial charge in [0.25, 0.3) is 0 Å². The van der Waals surface area contributed by atoms with Gasteiger partial charge in [-0.1, -0.05) is 0 Å². The maximum atomic E-state index is 9.49. The second kappa shape index (κ2) is 9.79. The van der Waals surface area contributed by atoms with E-state index in [1.165, 1.54) is 0 Å². The highest BCUT2D eigenvalue weighted by molar-refractivity contribution is 4.53. The third-order valence-corrected chi connectivity index (χ3v) is 2.69. The second-order valence-electron chi connectivity index (χ2n) is 4.79. The highest BCUT2D eigenvalue weighted by Gasteiger charge is 2.06. The first-order valence-corrected chi connectivity index (χ1v) is 6.22. The van der Waals surface area contributed by atoms with E-state index in [2.05, 4.69) is 0 Å². The van der Waals surface area contributed by atoms with E-state index < -0.39 is 0 Å². The van der Waals surface area contributed by atoms with Crippen LogP contribution < -0.4 is 0 Å². The third-order valence-electron chi connectivity index (χ3n) is 2.69. The Bertz CT molecular complexity index is 159. The highest BCUT2D eigenvalue weighted by Crippen LogP contribution is 2.02. The molecule has 2 unspecified atom stereocenters. The maximum Gasteiger partial charge on any atom is 0.106 e. The van der Waals surface area contributed by atoms with E-state index in [1.807, 2.05) is 28.2 Å². The highest BCUT2D eigenvalue weighted by atomic mass is 16.5. The van der Waals surface area contributed by atoms with Crippen molar-refractivity contribution in [2.75, 3.05) is 41.4 Å². The molecular formula is C12H28N2O3. The van der Waals surface area contributed by atoms with Crippen LogP contribution in [0.4, 0.5) is 0 Å². The summed E-state index contributed by atoms with van der Waals surface area (Å²) in [7, 11) is 7.42. The predicted octanol–water partition coefficient (Wildman–Crippen LogP) is 0.323. The first kappa shape index (κ1) is 16.8. The van der Waals surface area contributed by atoms with Crippen molar-refractivity contribution in [1.29, 1.82) is 0 Å². The van der Waals surface area contributed by atoms with Gasteiger partial charge < -0.3 is 14.9 Å². The molecule has 0 aliphatic rings. The van der Waals surface area contributed by atoms with Gasteiger partial charge in [0.05, 0.1) is 0 Å². The van der Waals surface area contributed by atoms with Crippen LogP contribution in [-0.4, -0.2) is 73.9 Å². The van der Waals surface area contributed by atoms with Crippen LogP contribution in [0, 0.1) is 0 Å². The maximum absolute atomic E-state index is 9.49. The van der Waals surface area contributed by atoms with Gasteiger partial charge in [0.2, 0.25) is 0 Å². The molecule has 0 aliphatic carbocycles.